The average molecular weight is 365 g/mol. The molecule has 1 atom stereocenters. The van der Waals surface area contributed by atoms with E-state index in [0.29, 0.717) is 23.9 Å². The molecule has 0 aromatic heterocycles. The number of benzene rings is 2. The first kappa shape index (κ1) is 17.5. The molecule has 1 aliphatic heterocycles. The fourth-order valence-electron chi connectivity index (χ4n) is 2.84. The molecule has 0 saturated carbocycles. The fourth-order valence-corrected chi connectivity index (χ4v) is 5.74. The van der Waals surface area contributed by atoms with E-state index in [2.05, 4.69) is 12.1 Å². The van der Waals surface area contributed by atoms with E-state index >= 15 is 0 Å². The minimum atomic E-state index is -3.38. The molecule has 1 saturated heterocycles. The molecular weight excluding hydrogens is 345 g/mol. The van der Waals surface area contributed by atoms with Gasteiger partial charge in [-0.15, -0.1) is 0 Å². The third-order valence-electron chi connectivity index (χ3n) is 4.13. The van der Waals surface area contributed by atoms with Gasteiger partial charge < -0.3 is 0 Å². The molecule has 1 fully saturated rings. The van der Waals surface area contributed by atoms with E-state index in [-0.39, 0.29) is 11.6 Å². The molecule has 128 valence electrons. The molecule has 6 heteroatoms. The lowest BCUT2D eigenvalue weighted by molar-refractivity contribution is 0.427. The Morgan fingerprint density at radius 1 is 1.04 bits per heavy atom. The smallest absolute Gasteiger partial charge is 0.212 e. The lowest BCUT2D eigenvalue weighted by Gasteiger charge is -2.20. The summed E-state index contributed by atoms with van der Waals surface area (Å²) in [5.41, 5.74) is 1.87. The Hall–Kier alpha value is -1.37. The normalized spacial score (nSPS) is 19.8. The van der Waals surface area contributed by atoms with Gasteiger partial charge in [-0.25, -0.2) is 17.1 Å². The van der Waals surface area contributed by atoms with Gasteiger partial charge >= 0.3 is 0 Å². The third kappa shape index (κ3) is 4.37. The van der Waals surface area contributed by atoms with Crippen LogP contribution in [-0.2, 0) is 15.8 Å². The zero-order chi connectivity index (χ0) is 17.0. The van der Waals surface area contributed by atoms with Crippen LogP contribution in [0.1, 0.15) is 22.8 Å². The number of halogens is 1. The minimum absolute atomic E-state index is 0.0754. The Morgan fingerprint density at radius 2 is 1.75 bits per heavy atom. The Labute approximate surface area is 146 Å². The molecule has 24 heavy (non-hydrogen) atoms. The Bertz CT molecular complexity index is 763. The molecule has 0 radical (unpaired) electrons. The summed E-state index contributed by atoms with van der Waals surface area (Å²) in [4.78, 5) is 0. The number of thioether (sulfide) groups is 1. The molecule has 2 aromatic carbocycles. The lowest BCUT2D eigenvalue weighted by Crippen LogP contribution is -2.34. The maximum atomic E-state index is 13.0. The minimum Gasteiger partial charge on any atom is -0.212 e. The van der Waals surface area contributed by atoms with Gasteiger partial charge in [0, 0.05) is 24.1 Å². The van der Waals surface area contributed by atoms with Crippen molar-refractivity contribution in [2.45, 2.75) is 17.4 Å². The maximum absolute atomic E-state index is 13.0. The Morgan fingerprint density at radius 3 is 2.46 bits per heavy atom. The molecule has 1 heterocycles. The summed E-state index contributed by atoms with van der Waals surface area (Å²) in [6.45, 7) is 1.05. The van der Waals surface area contributed by atoms with Gasteiger partial charge in [-0.2, -0.15) is 11.8 Å². The van der Waals surface area contributed by atoms with Gasteiger partial charge in [0.25, 0.3) is 0 Å². The second-order valence-corrected chi connectivity index (χ2v) is 9.12. The second kappa shape index (κ2) is 7.68. The van der Waals surface area contributed by atoms with E-state index in [0.717, 1.165) is 12.2 Å². The van der Waals surface area contributed by atoms with Gasteiger partial charge in [-0.3, -0.25) is 0 Å². The number of hydrogen-bond donors (Lipinski definition) is 0. The van der Waals surface area contributed by atoms with Crippen molar-refractivity contribution in [3.63, 3.8) is 0 Å². The van der Waals surface area contributed by atoms with E-state index in [1.165, 1.54) is 29.8 Å². The first-order valence-electron chi connectivity index (χ1n) is 7.93. The number of nitrogens with zero attached hydrogens (tertiary/aromatic N) is 1. The highest BCUT2D eigenvalue weighted by molar-refractivity contribution is 7.99. The summed E-state index contributed by atoms with van der Waals surface area (Å²) < 4.78 is 39.9. The maximum Gasteiger partial charge on any atom is 0.218 e. The zero-order valence-corrected chi connectivity index (χ0v) is 14.9. The molecule has 1 unspecified atom stereocenters. The topological polar surface area (TPSA) is 37.4 Å². The largest absolute Gasteiger partial charge is 0.218 e. The lowest BCUT2D eigenvalue weighted by atomic mass is 10.1. The summed E-state index contributed by atoms with van der Waals surface area (Å²) in [7, 11) is -3.38. The molecular formula is C18H20FNO2S2. The molecule has 2 aromatic rings. The van der Waals surface area contributed by atoms with Crippen LogP contribution in [0.4, 0.5) is 4.39 Å². The molecule has 0 amide bonds. The highest BCUT2D eigenvalue weighted by Gasteiger charge is 2.27. The van der Waals surface area contributed by atoms with Crippen molar-refractivity contribution in [1.82, 2.24) is 4.31 Å². The molecule has 1 aliphatic rings. The number of sulfonamides is 1. The van der Waals surface area contributed by atoms with Crippen LogP contribution in [0.2, 0.25) is 0 Å². The van der Waals surface area contributed by atoms with Crippen molar-refractivity contribution >= 4 is 21.8 Å². The van der Waals surface area contributed by atoms with Crippen molar-refractivity contribution in [2.24, 2.45) is 0 Å². The first-order valence-corrected chi connectivity index (χ1v) is 10.6. The van der Waals surface area contributed by atoms with Crippen LogP contribution >= 0.6 is 11.8 Å². The standard InChI is InChI=1S/C18H20FNO2S2/c19-17-8-6-15(7-9-17)14-24(21,22)20-11-10-18(23-13-12-20)16-4-2-1-3-5-16/h1-9,18H,10-14H2. The van der Waals surface area contributed by atoms with Crippen LogP contribution in [0, 0.1) is 5.82 Å². The molecule has 0 aliphatic carbocycles. The predicted octanol–water partition coefficient (Wildman–Crippen LogP) is 3.84. The van der Waals surface area contributed by atoms with Gasteiger partial charge in [0.1, 0.15) is 5.82 Å². The van der Waals surface area contributed by atoms with Crippen LogP contribution in [0.15, 0.2) is 54.6 Å². The van der Waals surface area contributed by atoms with Crippen LogP contribution in [0.3, 0.4) is 0 Å². The van der Waals surface area contributed by atoms with Gasteiger partial charge in [-0.05, 0) is 29.7 Å². The summed E-state index contributed by atoms with van der Waals surface area (Å²) >= 11 is 1.81. The summed E-state index contributed by atoms with van der Waals surface area (Å²) in [5.74, 6) is 0.351. The molecule has 0 bridgehead atoms. The molecule has 0 N–H and O–H groups in total. The van der Waals surface area contributed by atoms with Crippen LogP contribution < -0.4 is 0 Å². The van der Waals surface area contributed by atoms with Gasteiger partial charge in [0.05, 0.1) is 5.75 Å². The zero-order valence-electron chi connectivity index (χ0n) is 13.3. The second-order valence-electron chi connectivity index (χ2n) is 5.84. The average Bonchev–Trinajstić information content (AvgIpc) is 2.84. The van der Waals surface area contributed by atoms with Gasteiger partial charge in [0.2, 0.25) is 10.0 Å². The summed E-state index contributed by atoms with van der Waals surface area (Å²) in [6, 6.07) is 15.9. The van der Waals surface area contributed by atoms with E-state index in [9.17, 15) is 12.8 Å². The van der Waals surface area contributed by atoms with Gasteiger partial charge in [0.15, 0.2) is 0 Å². The van der Waals surface area contributed by atoms with E-state index in [4.69, 9.17) is 0 Å². The molecule has 0 spiro atoms. The van der Waals surface area contributed by atoms with Crippen molar-refractivity contribution in [3.05, 3.63) is 71.5 Å². The first-order chi connectivity index (χ1) is 11.5. The predicted molar refractivity (Wildman–Crippen MR) is 96.9 cm³/mol. The van der Waals surface area contributed by atoms with Crippen LogP contribution in [0.5, 0.6) is 0 Å². The summed E-state index contributed by atoms with van der Waals surface area (Å²) in [5, 5.41) is 0.331. The van der Waals surface area contributed by atoms with Crippen molar-refractivity contribution < 1.29 is 12.8 Å². The molecule has 3 nitrogen and oxygen atoms in total. The van der Waals surface area contributed by atoms with E-state index in [1.54, 1.807) is 4.31 Å². The monoisotopic (exact) mass is 365 g/mol. The number of rotatable bonds is 4. The summed E-state index contributed by atoms with van der Waals surface area (Å²) in [6.07, 6.45) is 0.803. The van der Waals surface area contributed by atoms with Crippen LogP contribution in [-0.4, -0.2) is 31.6 Å². The molecule has 3 rings (SSSR count). The van der Waals surface area contributed by atoms with Gasteiger partial charge in [-0.1, -0.05) is 42.5 Å². The van der Waals surface area contributed by atoms with Crippen molar-refractivity contribution in [3.8, 4) is 0 Å². The Balaban J connectivity index is 1.67. The van der Waals surface area contributed by atoms with E-state index < -0.39 is 10.0 Å². The van der Waals surface area contributed by atoms with Crippen molar-refractivity contribution in [2.75, 3.05) is 18.8 Å². The quantitative estimate of drug-likeness (QED) is 0.826. The van der Waals surface area contributed by atoms with E-state index in [1.807, 2.05) is 30.0 Å². The SMILES string of the molecule is O=S(=O)(Cc1ccc(F)cc1)N1CCSC(c2ccccc2)CC1. The van der Waals surface area contributed by atoms with Crippen LogP contribution in [0.25, 0.3) is 0 Å². The Kier molecular flexibility index (Phi) is 5.58. The highest BCUT2D eigenvalue weighted by Crippen LogP contribution is 2.34. The highest BCUT2D eigenvalue weighted by atomic mass is 32.2. The third-order valence-corrected chi connectivity index (χ3v) is 7.31. The number of hydrogen-bond acceptors (Lipinski definition) is 3. The van der Waals surface area contributed by atoms with Crippen molar-refractivity contribution in [1.29, 1.82) is 0 Å². The fraction of sp³-hybridized carbons (Fsp3) is 0.333.